The van der Waals surface area contributed by atoms with Crippen molar-refractivity contribution in [3.05, 3.63) is 83.4 Å². The molecule has 0 aliphatic carbocycles. The van der Waals surface area contributed by atoms with Gasteiger partial charge in [0.15, 0.2) is 0 Å². The molecule has 1 N–H and O–H groups in total. The standard InChI is InChI=1S/C29H34N2O5/c1-4-17-36-24-11-9-23(10-12-24)27(32)25-26(22-7-5-21(6-8-22)20(2)3)31(29(34)28(25)33)14-13-30-15-18-35-19-16-30/h4-12,20,26,32H,1,13-19H2,2-3H3/b27-25+. The Labute approximate surface area is 212 Å². The Morgan fingerprint density at radius 1 is 1.14 bits per heavy atom. The summed E-state index contributed by atoms with van der Waals surface area (Å²) in [6.45, 7) is 12.4. The van der Waals surface area contributed by atoms with Gasteiger partial charge in [0.25, 0.3) is 5.91 Å². The van der Waals surface area contributed by atoms with E-state index in [1.54, 1.807) is 35.2 Å². The smallest absolute Gasteiger partial charge is 0.295 e. The zero-order chi connectivity index (χ0) is 25.7. The van der Waals surface area contributed by atoms with Gasteiger partial charge >= 0.3 is 0 Å². The van der Waals surface area contributed by atoms with Crippen molar-refractivity contribution in [3.63, 3.8) is 0 Å². The van der Waals surface area contributed by atoms with E-state index in [4.69, 9.17) is 9.47 Å². The van der Waals surface area contributed by atoms with E-state index in [2.05, 4.69) is 20.4 Å². The molecule has 0 saturated carbocycles. The van der Waals surface area contributed by atoms with Gasteiger partial charge in [0, 0.05) is 5.57 Å². The normalized spacial score (nSPS) is 20.2. The number of benzene rings is 2. The number of hydrogen-bond acceptors (Lipinski definition) is 5. The van der Waals surface area contributed by atoms with Gasteiger partial charge in [-0.25, -0.2) is 0 Å². The molecule has 1 atom stereocenters. The number of hydrogen-bond donors (Lipinski definition) is 1. The van der Waals surface area contributed by atoms with E-state index < -0.39 is 23.5 Å². The van der Waals surface area contributed by atoms with Crippen molar-refractivity contribution in [1.29, 1.82) is 0 Å². The van der Waals surface area contributed by atoms with Crippen LogP contribution >= 0.6 is 0 Å². The Balaban J connectivity index is 1.70. The number of amides is 1. The minimum Gasteiger partial charge on any atom is -0.872 e. The zero-order valence-electron chi connectivity index (χ0n) is 21.0. The molecule has 0 radical (unpaired) electrons. The van der Waals surface area contributed by atoms with Gasteiger partial charge in [0.2, 0.25) is 5.78 Å². The second-order valence-electron chi connectivity index (χ2n) is 9.53. The summed E-state index contributed by atoms with van der Waals surface area (Å²) in [5, 5.41) is 13.6. The van der Waals surface area contributed by atoms with Crippen molar-refractivity contribution in [2.24, 2.45) is 0 Å². The highest BCUT2D eigenvalue weighted by atomic mass is 16.5. The first-order valence-corrected chi connectivity index (χ1v) is 12.5. The second kappa shape index (κ2) is 11.5. The number of morpholine rings is 1. The number of ether oxygens (including phenoxy) is 2. The van der Waals surface area contributed by atoms with E-state index in [0.717, 1.165) is 24.2 Å². The van der Waals surface area contributed by atoms with Crippen LogP contribution in [0.5, 0.6) is 5.75 Å². The quantitative estimate of drug-likeness (QED) is 0.249. The van der Waals surface area contributed by atoms with Crippen LogP contribution in [0, 0.1) is 0 Å². The summed E-state index contributed by atoms with van der Waals surface area (Å²) in [6.07, 6.45) is 1.64. The van der Waals surface area contributed by atoms with Crippen molar-refractivity contribution in [1.82, 2.24) is 4.90 Å². The first-order valence-electron chi connectivity index (χ1n) is 12.5. The summed E-state index contributed by atoms with van der Waals surface area (Å²) < 4.78 is 10.9. The third-order valence-electron chi connectivity index (χ3n) is 6.84. The molecular weight excluding hydrogens is 456 g/mol. The topological polar surface area (TPSA) is 83.3 Å². The Hall–Kier alpha value is -3.42. The summed E-state index contributed by atoms with van der Waals surface area (Å²) in [5.41, 5.74) is 2.28. The van der Waals surface area contributed by atoms with E-state index in [1.165, 1.54) is 4.90 Å². The van der Waals surface area contributed by atoms with E-state index in [0.29, 0.717) is 50.1 Å². The third-order valence-corrected chi connectivity index (χ3v) is 6.84. The molecule has 0 aromatic heterocycles. The molecule has 2 fully saturated rings. The molecule has 2 aromatic carbocycles. The fourth-order valence-electron chi connectivity index (χ4n) is 4.71. The number of carbonyl (C=O) groups excluding carboxylic acids is 2. The molecule has 2 saturated heterocycles. The first-order chi connectivity index (χ1) is 17.4. The molecule has 0 bridgehead atoms. The van der Waals surface area contributed by atoms with Crippen molar-refractivity contribution in [2.45, 2.75) is 25.8 Å². The van der Waals surface area contributed by atoms with Gasteiger partial charge in [-0.15, -0.1) is 0 Å². The van der Waals surface area contributed by atoms with Crippen LogP contribution in [0.2, 0.25) is 0 Å². The molecular formula is C29H34N2O5. The van der Waals surface area contributed by atoms with Gasteiger partial charge in [-0.3, -0.25) is 9.59 Å². The van der Waals surface area contributed by atoms with Crippen molar-refractivity contribution in [3.8, 4) is 5.75 Å². The third kappa shape index (κ3) is 5.53. The maximum atomic E-state index is 13.6. The monoisotopic (exact) mass is 490 g/mol. The minimum absolute atomic E-state index is 0.00837. The zero-order valence-corrected chi connectivity index (χ0v) is 21.0. The molecule has 2 aromatic rings. The molecule has 7 nitrogen and oxygen atoms in total. The average Bonchev–Trinajstić information content (AvgIpc) is 3.16. The molecule has 4 rings (SSSR count). The van der Waals surface area contributed by atoms with E-state index in [1.807, 2.05) is 24.3 Å². The fourth-order valence-corrected chi connectivity index (χ4v) is 4.71. The number of Topliss-reactive ketones (excluding diaryl/α,β-unsaturated/α-hetero) is 1. The lowest BCUT2D eigenvalue weighted by atomic mass is 9.93. The van der Waals surface area contributed by atoms with Crippen molar-refractivity contribution in [2.75, 3.05) is 46.0 Å². The van der Waals surface area contributed by atoms with Crippen molar-refractivity contribution >= 4 is 17.4 Å². The molecule has 0 spiro atoms. The summed E-state index contributed by atoms with van der Waals surface area (Å²) in [6, 6.07) is 13.8. The second-order valence-corrected chi connectivity index (χ2v) is 9.53. The summed E-state index contributed by atoms with van der Waals surface area (Å²) >= 11 is 0. The molecule has 2 heterocycles. The lowest BCUT2D eigenvalue weighted by molar-refractivity contribution is -0.907. The number of nitrogens with one attached hydrogen (secondary N) is 1. The van der Waals surface area contributed by atoms with Gasteiger partial charge in [-0.2, -0.15) is 0 Å². The maximum Gasteiger partial charge on any atom is 0.295 e. The number of likely N-dealkylation sites (tertiary alicyclic amines) is 1. The number of quaternary nitrogens is 1. The Morgan fingerprint density at radius 2 is 1.81 bits per heavy atom. The highest BCUT2D eigenvalue weighted by Crippen LogP contribution is 2.39. The van der Waals surface area contributed by atoms with Crippen LogP contribution in [0.4, 0.5) is 0 Å². The fraction of sp³-hybridized carbons (Fsp3) is 0.379. The van der Waals surface area contributed by atoms with Crippen LogP contribution in [-0.4, -0.2) is 62.6 Å². The van der Waals surface area contributed by atoms with E-state index in [-0.39, 0.29) is 5.57 Å². The molecule has 36 heavy (non-hydrogen) atoms. The molecule has 190 valence electrons. The minimum atomic E-state index is -0.720. The highest BCUT2D eigenvalue weighted by Gasteiger charge is 2.44. The summed E-state index contributed by atoms with van der Waals surface area (Å²) in [5.74, 6) is -0.820. The molecule has 1 unspecified atom stereocenters. The predicted molar refractivity (Wildman–Crippen MR) is 135 cm³/mol. The summed E-state index contributed by atoms with van der Waals surface area (Å²) in [7, 11) is 0. The summed E-state index contributed by atoms with van der Waals surface area (Å²) in [4.78, 5) is 29.3. The van der Waals surface area contributed by atoms with Crippen LogP contribution in [0.3, 0.4) is 0 Å². The van der Waals surface area contributed by atoms with E-state index >= 15 is 0 Å². The Morgan fingerprint density at radius 3 is 2.42 bits per heavy atom. The van der Waals surface area contributed by atoms with Crippen molar-refractivity contribution < 1.29 is 29.1 Å². The van der Waals surface area contributed by atoms with Gasteiger partial charge < -0.3 is 24.4 Å². The average molecular weight is 491 g/mol. The Bertz CT molecular complexity index is 1120. The molecule has 7 heteroatoms. The maximum absolute atomic E-state index is 13.6. The first kappa shape index (κ1) is 25.7. The lowest BCUT2D eigenvalue weighted by Gasteiger charge is -2.30. The SMILES string of the molecule is C=CCOc1ccc(/C([O-])=C2\C(=O)C(=O)N(CC[NH+]3CCOCC3)C2c2ccc(C(C)C)cc2)cc1. The van der Waals surface area contributed by atoms with Gasteiger partial charge in [0.05, 0.1) is 32.3 Å². The molecule has 2 aliphatic heterocycles. The number of rotatable bonds is 9. The molecule has 2 aliphatic rings. The number of nitrogens with zero attached hydrogens (tertiary/aromatic N) is 1. The van der Waals surface area contributed by atoms with Crippen LogP contribution < -0.4 is 14.7 Å². The predicted octanol–water partition coefficient (Wildman–Crippen LogP) is 1.51. The van der Waals surface area contributed by atoms with Crippen LogP contribution in [-0.2, 0) is 14.3 Å². The number of carbonyl (C=O) groups is 2. The van der Waals surface area contributed by atoms with Crippen LogP contribution in [0.15, 0.2) is 66.8 Å². The van der Waals surface area contributed by atoms with Crippen LogP contribution in [0.25, 0.3) is 5.76 Å². The largest absolute Gasteiger partial charge is 0.872 e. The number of ketones is 1. The van der Waals surface area contributed by atoms with E-state index in [9.17, 15) is 14.7 Å². The molecule has 1 amide bonds. The van der Waals surface area contributed by atoms with Gasteiger partial charge in [0.1, 0.15) is 25.4 Å². The van der Waals surface area contributed by atoms with Crippen LogP contribution in [0.1, 0.15) is 42.5 Å². The highest BCUT2D eigenvalue weighted by molar-refractivity contribution is 6.46. The lowest BCUT2D eigenvalue weighted by Crippen LogP contribution is -3.14. The van der Waals surface area contributed by atoms with Gasteiger partial charge in [-0.05, 0) is 34.7 Å². The van der Waals surface area contributed by atoms with Gasteiger partial charge in [-0.1, -0.05) is 68.7 Å². The Kier molecular flexibility index (Phi) is 8.23.